The second-order valence-electron chi connectivity index (χ2n) is 0.453. The van der Waals surface area contributed by atoms with Gasteiger partial charge in [0.1, 0.15) is 0 Å². The van der Waals surface area contributed by atoms with Gasteiger partial charge in [-0.15, -0.1) is 0 Å². The Bertz CT molecular complexity index is 40.5. The first-order chi connectivity index (χ1) is 2.56. The molecular weight excluding hydrogens is 209 g/mol. The van der Waals surface area contributed by atoms with Crippen LogP contribution in [-0.4, -0.2) is 4.39 Å². The van der Waals surface area contributed by atoms with Crippen molar-refractivity contribution in [2.24, 2.45) is 0 Å². The second-order valence-corrected chi connectivity index (χ2v) is 2.42. The number of hydrogen-bond donors (Lipinski definition) is 1. The van der Waals surface area contributed by atoms with Crippen molar-refractivity contribution < 1.29 is 31.6 Å². The molecule has 6 heavy (non-hydrogen) atoms. The summed E-state index contributed by atoms with van der Waals surface area (Å²) < 4.78 is 28.1. The third kappa shape index (κ3) is 4.88. The predicted molar refractivity (Wildman–Crippen MR) is 15.0 cm³/mol. The average molecular weight is 210 g/mol. The summed E-state index contributed by atoms with van der Waals surface area (Å²) in [5.41, 5.74) is 0. The fraction of sp³-hybridized carbons (Fsp3) is 1.00. The summed E-state index contributed by atoms with van der Waals surface area (Å²) in [6.07, 6.45) is 0. The molecule has 0 aliphatic rings. The fourth-order valence-corrected chi connectivity index (χ4v) is 0. The summed E-state index contributed by atoms with van der Waals surface area (Å²) in [6.45, 7) is 0. The van der Waals surface area contributed by atoms with Crippen molar-refractivity contribution in [2.75, 3.05) is 0 Å². The number of halogens is 3. The molecular formula is CHAgF3S. The van der Waals surface area contributed by atoms with Gasteiger partial charge in [-0.1, -0.05) is 0 Å². The molecule has 0 heterocycles. The van der Waals surface area contributed by atoms with Gasteiger partial charge in [-0.3, -0.25) is 0 Å². The van der Waals surface area contributed by atoms with Crippen molar-refractivity contribution in [3.63, 3.8) is 0 Å². The van der Waals surface area contributed by atoms with Crippen molar-refractivity contribution >= 4 is 10.1 Å². The van der Waals surface area contributed by atoms with Gasteiger partial charge in [-0.25, -0.2) is 0 Å². The molecule has 0 aliphatic carbocycles. The van der Waals surface area contributed by atoms with Crippen LogP contribution < -0.4 is 0 Å². The third-order valence-corrected chi connectivity index (χ3v) is 1.36. The van der Waals surface area contributed by atoms with E-state index < -0.39 is 22.8 Å². The van der Waals surface area contributed by atoms with Gasteiger partial charge >= 0.3 is 46.1 Å². The number of rotatable bonds is 0. The molecule has 0 aromatic heterocycles. The zero-order valence-corrected chi connectivity index (χ0v) is 4.76. The van der Waals surface area contributed by atoms with Crippen molar-refractivity contribution in [2.45, 2.75) is 4.39 Å². The first kappa shape index (κ1) is 6.88. The zero-order chi connectivity index (χ0) is 5.21. The van der Waals surface area contributed by atoms with Crippen LogP contribution in [0.2, 0.25) is 0 Å². The molecule has 0 amide bonds. The van der Waals surface area contributed by atoms with Gasteiger partial charge in [-0.2, -0.15) is 0 Å². The Morgan fingerprint density at radius 3 is 1.50 bits per heavy atom. The van der Waals surface area contributed by atoms with Crippen LogP contribution in [-0.2, 0) is 18.4 Å². The van der Waals surface area contributed by atoms with Crippen LogP contribution in [0.3, 0.4) is 0 Å². The summed E-state index contributed by atoms with van der Waals surface area (Å²) in [4.78, 5) is 0. The Morgan fingerprint density at radius 2 is 1.50 bits per heavy atom. The minimum atomic E-state index is -4.06. The standard InChI is InChI=1S/CF3.Ag.H2S/c2-1(3)4;;/h;;1H2/q;+1;/p-1. The number of alkyl halides is 3. The molecule has 0 nitrogen and oxygen atoms in total. The van der Waals surface area contributed by atoms with Crippen LogP contribution in [0.4, 0.5) is 13.2 Å². The molecule has 0 rings (SSSR count). The van der Waals surface area contributed by atoms with E-state index in [9.17, 15) is 13.2 Å². The molecule has 5 heteroatoms. The predicted octanol–water partition coefficient (Wildman–Crippen LogP) is 1.43. The van der Waals surface area contributed by atoms with Crippen molar-refractivity contribution in [1.29, 1.82) is 0 Å². The molecule has 0 fully saturated rings. The number of hydrogen-bond acceptors (Lipinski definition) is 1. The normalized spacial score (nSPS) is 12.7. The van der Waals surface area contributed by atoms with E-state index in [-0.39, 0.29) is 0 Å². The SMILES string of the molecule is F[C](F)(F)[Ag][SH]. The van der Waals surface area contributed by atoms with Crippen molar-refractivity contribution in [3.8, 4) is 0 Å². The molecule has 0 bridgehead atoms. The third-order valence-electron chi connectivity index (χ3n) is 0.0764. The summed E-state index contributed by atoms with van der Waals surface area (Å²) in [5, 5.41) is 0. The molecule has 0 radical (unpaired) electrons. The second kappa shape index (κ2) is 2.26. The van der Waals surface area contributed by atoms with E-state index in [0.717, 1.165) is 0 Å². The van der Waals surface area contributed by atoms with Gasteiger partial charge in [0.2, 0.25) is 0 Å². The molecule has 0 aliphatic heterocycles. The van der Waals surface area contributed by atoms with E-state index in [4.69, 9.17) is 0 Å². The molecule has 0 aromatic carbocycles. The Balaban J connectivity index is 3.17. The number of thiol groups is 1. The van der Waals surface area contributed by atoms with Crippen molar-refractivity contribution in [3.05, 3.63) is 0 Å². The first-order valence-electron chi connectivity index (χ1n) is 0.853. The van der Waals surface area contributed by atoms with Gasteiger partial charge in [0.05, 0.1) is 0 Å². The fourth-order valence-electron chi connectivity index (χ4n) is 0. The van der Waals surface area contributed by atoms with Crippen LogP contribution >= 0.6 is 10.1 Å². The minimum absolute atomic E-state index is 1.25. The van der Waals surface area contributed by atoms with E-state index >= 15 is 0 Å². The van der Waals surface area contributed by atoms with E-state index in [2.05, 4.69) is 10.1 Å². The first-order valence-corrected chi connectivity index (χ1v) is 3.85. The summed E-state index contributed by atoms with van der Waals surface area (Å²) in [6, 6.07) is 0. The van der Waals surface area contributed by atoms with Gasteiger partial charge < -0.3 is 0 Å². The summed E-state index contributed by atoms with van der Waals surface area (Å²) in [5.74, 6) is 0. The molecule has 0 N–H and O–H groups in total. The monoisotopic (exact) mass is 209 g/mol. The Hall–Kier alpha value is 0.880. The molecule has 0 saturated carbocycles. The van der Waals surface area contributed by atoms with E-state index in [1.807, 2.05) is 0 Å². The van der Waals surface area contributed by atoms with Crippen LogP contribution in [0.15, 0.2) is 0 Å². The van der Waals surface area contributed by atoms with Gasteiger partial charge in [0.15, 0.2) is 0 Å². The maximum absolute atomic E-state index is 10.7. The molecule has 0 spiro atoms. The van der Waals surface area contributed by atoms with Crippen LogP contribution in [0, 0.1) is 0 Å². The van der Waals surface area contributed by atoms with Crippen LogP contribution in [0.1, 0.15) is 0 Å². The maximum atomic E-state index is 10.7. The Kier molecular flexibility index (Phi) is 2.59. The van der Waals surface area contributed by atoms with Crippen molar-refractivity contribution in [1.82, 2.24) is 0 Å². The molecule has 0 aromatic rings. The van der Waals surface area contributed by atoms with Gasteiger partial charge in [0, 0.05) is 0 Å². The van der Waals surface area contributed by atoms with Crippen LogP contribution in [0.25, 0.3) is 0 Å². The zero-order valence-electron chi connectivity index (χ0n) is 2.38. The van der Waals surface area contributed by atoms with Gasteiger partial charge in [0.25, 0.3) is 0 Å². The van der Waals surface area contributed by atoms with Gasteiger partial charge in [-0.05, 0) is 0 Å². The molecule has 0 atom stereocenters. The quantitative estimate of drug-likeness (QED) is 0.453. The Labute approximate surface area is 46.4 Å². The molecule has 43 valence electrons. The van der Waals surface area contributed by atoms with E-state index in [0.29, 0.717) is 0 Å². The summed E-state index contributed by atoms with van der Waals surface area (Å²) in [7, 11) is 3.01. The average Bonchev–Trinajstić information content (AvgIpc) is 1.35. The topological polar surface area (TPSA) is 0 Å². The van der Waals surface area contributed by atoms with E-state index in [1.165, 1.54) is 0 Å². The van der Waals surface area contributed by atoms with E-state index in [1.54, 1.807) is 0 Å². The Morgan fingerprint density at radius 1 is 1.33 bits per heavy atom. The molecule has 0 unspecified atom stereocenters. The molecule has 0 saturated heterocycles. The summed E-state index contributed by atoms with van der Waals surface area (Å²) >= 11 is -1.25. The van der Waals surface area contributed by atoms with Crippen LogP contribution in [0.5, 0.6) is 0 Å².